The van der Waals surface area contributed by atoms with E-state index in [-0.39, 0.29) is 47.9 Å². The normalized spacial score (nSPS) is 30.8. The molecule has 168 valence electrons. The van der Waals surface area contributed by atoms with Crippen LogP contribution < -0.4 is 14.4 Å². The van der Waals surface area contributed by atoms with Gasteiger partial charge in [-0.05, 0) is 85.5 Å². The summed E-state index contributed by atoms with van der Waals surface area (Å²) in [5.41, 5.74) is 1.12. The Morgan fingerprint density at radius 2 is 1.39 bits per heavy atom. The van der Waals surface area contributed by atoms with Crippen LogP contribution >= 0.6 is 0 Å². The molecule has 0 unspecified atom stereocenters. The maximum absolute atomic E-state index is 13.2. The molecule has 5 aliphatic rings. The van der Waals surface area contributed by atoms with E-state index in [0.29, 0.717) is 35.4 Å². The number of imide groups is 1. The Morgan fingerprint density at radius 3 is 1.97 bits per heavy atom. The largest absolute Gasteiger partial charge is 0.494 e. The molecule has 6 atom stereocenters. The smallest absolute Gasteiger partial charge is 0.238 e. The van der Waals surface area contributed by atoms with Crippen molar-refractivity contribution in [1.29, 1.82) is 0 Å². The number of Topliss-reactive ketones (excluding diaryl/α,β-unsaturated/α-hetero) is 1. The Hall–Kier alpha value is -3.41. The summed E-state index contributed by atoms with van der Waals surface area (Å²) >= 11 is 0. The zero-order chi connectivity index (χ0) is 22.7. The predicted molar refractivity (Wildman–Crippen MR) is 121 cm³/mol. The van der Waals surface area contributed by atoms with Crippen LogP contribution in [-0.4, -0.2) is 30.8 Å². The standard InChI is InChI=1S/C27H25NO5/c1-2-32-17-7-3-15(4-8-17)23(29)14-33-18-9-5-16(6-10-18)28-26(30)24-19-11-12-20(22-13-21(19)22)25(24)27(28)31/h3-12,19-22,24-25H,2,13-14H2,1H3/t19-,20+,21+,22-,24-,25+. The third kappa shape index (κ3) is 3.19. The molecule has 4 aliphatic carbocycles. The molecule has 2 bridgehead atoms. The summed E-state index contributed by atoms with van der Waals surface area (Å²) in [6.45, 7) is 2.38. The molecule has 6 nitrogen and oxygen atoms in total. The molecule has 33 heavy (non-hydrogen) atoms. The van der Waals surface area contributed by atoms with Gasteiger partial charge in [0.15, 0.2) is 12.4 Å². The SMILES string of the molecule is CCOc1ccc(C(=O)COc2ccc(N3C(=O)[C@@H]4[C@@H]5C=C[C@@H]([C@H]6C[C@@H]56)[C@@H]4C3=O)cc2)cc1. The van der Waals surface area contributed by atoms with E-state index in [1.54, 1.807) is 48.5 Å². The molecule has 2 amide bonds. The number of nitrogens with zero attached hydrogens (tertiary/aromatic N) is 1. The summed E-state index contributed by atoms with van der Waals surface area (Å²) in [6, 6.07) is 13.8. The number of ether oxygens (including phenoxy) is 2. The zero-order valence-corrected chi connectivity index (χ0v) is 18.3. The Morgan fingerprint density at radius 1 is 0.848 bits per heavy atom. The van der Waals surface area contributed by atoms with Crippen molar-refractivity contribution in [3.05, 3.63) is 66.2 Å². The maximum Gasteiger partial charge on any atom is 0.238 e. The highest BCUT2D eigenvalue weighted by molar-refractivity contribution is 6.22. The molecule has 6 heteroatoms. The third-order valence-corrected chi connectivity index (χ3v) is 7.61. The van der Waals surface area contributed by atoms with Gasteiger partial charge in [0, 0.05) is 5.56 Å². The molecule has 0 N–H and O–H groups in total. The number of rotatable bonds is 7. The van der Waals surface area contributed by atoms with Crippen LogP contribution in [0, 0.1) is 35.5 Å². The fourth-order valence-corrected chi connectivity index (χ4v) is 6.04. The van der Waals surface area contributed by atoms with E-state index >= 15 is 0 Å². The average Bonchev–Trinajstić information content (AvgIpc) is 3.62. The monoisotopic (exact) mass is 443 g/mol. The molecule has 2 aromatic rings. The van der Waals surface area contributed by atoms with Crippen LogP contribution in [0.5, 0.6) is 11.5 Å². The number of carbonyl (C=O) groups is 3. The van der Waals surface area contributed by atoms with Crippen molar-refractivity contribution in [1.82, 2.24) is 0 Å². The van der Waals surface area contributed by atoms with E-state index in [1.807, 2.05) is 6.92 Å². The van der Waals surface area contributed by atoms with Gasteiger partial charge in [-0.2, -0.15) is 0 Å². The van der Waals surface area contributed by atoms with Gasteiger partial charge in [-0.25, -0.2) is 0 Å². The third-order valence-electron chi connectivity index (χ3n) is 7.61. The van der Waals surface area contributed by atoms with Crippen LogP contribution in [0.25, 0.3) is 0 Å². The fraction of sp³-hybridized carbons (Fsp3) is 0.370. The van der Waals surface area contributed by atoms with E-state index in [1.165, 1.54) is 4.90 Å². The Kier molecular flexibility index (Phi) is 4.64. The summed E-state index contributed by atoms with van der Waals surface area (Å²) in [5, 5.41) is 0. The Labute approximate surface area is 192 Å². The van der Waals surface area contributed by atoms with Gasteiger partial charge in [-0.1, -0.05) is 12.2 Å². The van der Waals surface area contributed by atoms with Crippen molar-refractivity contribution in [3.63, 3.8) is 0 Å². The highest BCUT2D eigenvalue weighted by Gasteiger charge is 2.67. The van der Waals surface area contributed by atoms with E-state index in [0.717, 1.165) is 12.2 Å². The number of carbonyl (C=O) groups excluding carboxylic acids is 3. The van der Waals surface area contributed by atoms with Gasteiger partial charge < -0.3 is 9.47 Å². The Bertz CT molecular complexity index is 1120. The molecule has 2 aromatic carbocycles. The highest BCUT2D eigenvalue weighted by Crippen LogP contribution is 2.65. The number of hydrogen-bond acceptors (Lipinski definition) is 5. The molecule has 3 fully saturated rings. The van der Waals surface area contributed by atoms with Crippen LogP contribution in [0.4, 0.5) is 5.69 Å². The van der Waals surface area contributed by atoms with Crippen molar-refractivity contribution < 1.29 is 23.9 Å². The quantitative estimate of drug-likeness (QED) is 0.369. The molecule has 0 radical (unpaired) electrons. The minimum Gasteiger partial charge on any atom is -0.494 e. The Balaban J connectivity index is 1.12. The predicted octanol–water partition coefficient (Wildman–Crippen LogP) is 3.90. The summed E-state index contributed by atoms with van der Waals surface area (Å²) < 4.78 is 11.0. The highest BCUT2D eigenvalue weighted by atomic mass is 16.5. The summed E-state index contributed by atoms with van der Waals surface area (Å²) in [4.78, 5) is 40.2. The zero-order valence-electron chi connectivity index (χ0n) is 18.3. The molecule has 1 heterocycles. The van der Waals surface area contributed by atoms with Crippen LogP contribution in [-0.2, 0) is 9.59 Å². The van der Waals surface area contributed by atoms with Crippen molar-refractivity contribution >= 4 is 23.3 Å². The minimum absolute atomic E-state index is 0.0750. The lowest BCUT2D eigenvalue weighted by Crippen LogP contribution is -2.40. The molecular formula is C27H25NO5. The second-order valence-electron chi connectivity index (χ2n) is 9.33. The van der Waals surface area contributed by atoms with Crippen molar-refractivity contribution in [3.8, 4) is 11.5 Å². The van der Waals surface area contributed by atoms with Gasteiger partial charge >= 0.3 is 0 Å². The number of amides is 2. The van der Waals surface area contributed by atoms with Gasteiger partial charge in [-0.3, -0.25) is 19.3 Å². The first-order valence-electron chi connectivity index (χ1n) is 11.6. The first-order chi connectivity index (χ1) is 16.1. The number of benzene rings is 2. The molecular weight excluding hydrogens is 418 g/mol. The average molecular weight is 443 g/mol. The summed E-state index contributed by atoms with van der Waals surface area (Å²) in [7, 11) is 0. The molecule has 1 aliphatic heterocycles. The number of ketones is 1. The van der Waals surface area contributed by atoms with E-state index in [2.05, 4.69) is 12.2 Å². The minimum atomic E-state index is -0.209. The number of hydrogen-bond donors (Lipinski definition) is 0. The summed E-state index contributed by atoms with van der Waals surface area (Å²) in [5.74, 6) is 2.11. The molecule has 1 saturated heterocycles. The molecule has 2 saturated carbocycles. The lowest BCUT2D eigenvalue weighted by Gasteiger charge is -2.37. The van der Waals surface area contributed by atoms with E-state index < -0.39 is 0 Å². The number of allylic oxidation sites excluding steroid dienone is 2. The summed E-state index contributed by atoms with van der Waals surface area (Å²) in [6.07, 6.45) is 5.50. The van der Waals surface area contributed by atoms with Crippen molar-refractivity contribution in [2.75, 3.05) is 18.1 Å². The van der Waals surface area contributed by atoms with Gasteiger partial charge in [0.25, 0.3) is 0 Å². The van der Waals surface area contributed by atoms with Gasteiger partial charge in [-0.15, -0.1) is 0 Å². The molecule has 7 rings (SSSR count). The lowest BCUT2D eigenvalue weighted by atomic mass is 9.63. The van der Waals surface area contributed by atoms with Gasteiger partial charge in [0.05, 0.1) is 24.1 Å². The van der Waals surface area contributed by atoms with Crippen molar-refractivity contribution in [2.45, 2.75) is 13.3 Å². The second-order valence-corrected chi connectivity index (χ2v) is 9.33. The van der Waals surface area contributed by atoms with E-state index in [9.17, 15) is 14.4 Å². The van der Waals surface area contributed by atoms with E-state index in [4.69, 9.17) is 9.47 Å². The van der Waals surface area contributed by atoms with Crippen LogP contribution in [0.3, 0.4) is 0 Å². The molecule has 0 spiro atoms. The topological polar surface area (TPSA) is 72.9 Å². The van der Waals surface area contributed by atoms with Gasteiger partial charge in [0.1, 0.15) is 11.5 Å². The van der Waals surface area contributed by atoms with Crippen molar-refractivity contribution in [2.24, 2.45) is 35.5 Å². The lowest BCUT2D eigenvalue weighted by molar-refractivity contribution is -0.124. The maximum atomic E-state index is 13.2. The van der Waals surface area contributed by atoms with Crippen LogP contribution in [0.15, 0.2) is 60.7 Å². The number of anilines is 1. The fourth-order valence-electron chi connectivity index (χ4n) is 6.04. The van der Waals surface area contributed by atoms with Gasteiger partial charge in [0.2, 0.25) is 11.8 Å². The van der Waals surface area contributed by atoms with Crippen LogP contribution in [0.2, 0.25) is 0 Å². The second kappa shape index (κ2) is 7.58. The molecule has 0 aromatic heterocycles. The first kappa shape index (κ1) is 20.2. The first-order valence-corrected chi connectivity index (χ1v) is 11.6. The van der Waals surface area contributed by atoms with Crippen LogP contribution in [0.1, 0.15) is 23.7 Å².